The number of nitrogens with one attached hydrogen (secondary N) is 3. The Morgan fingerprint density at radius 3 is 2.38 bits per heavy atom. The summed E-state index contributed by atoms with van der Waals surface area (Å²) in [5.41, 5.74) is 0.519. The van der Waals surface area contributed by atoms with Gasteiger partial charge in [0.25, 0.3) is 0 Å². The highest BCUT2D eigenvalue weighted by atomic mass is 35.5. The first-order chi connectivity index (χ1) is 7.54. The maximum absolute atomic E-state index is 11.4. The van der Waals surface area contributed by atoms with Crippen molar-refractivity contribution >= 4 is 46.8 Å². The van der Waals surface area contributed by atoms with Crippen molar-refractivity contribution in [3.8, 4) is 0 Å². The van der Waals surface area contributed by atoms with Gasteiger partial charge < -0.3 is 0 Å². The zero-order valence-electron chi connectivity index (χ0n) is 7.98. The fraction of sp³-hybridized carbons (Fsp3) is 0.111. The van der Waals surface area contributed by atoms with E-state index in [-0.39, 0.29) is 12.4 Å². The van der Waals surface area contributed by atoms with E-state index in [9.17, 15) is 4.79 Å². The van der Waals surface area contributed by atoms with E-state index >= 15 is 0 Å². The monoisotopic (exact) mass is 279 g/mol. The largest absolute Gasteiger partial charge is 0.296 e. The Morgan fingerprint density at radius 2 is 1.88 bits per heavy atom. The van der Waals surface area contributed by atoms with Gasteiger partial charge in [-0.25, -0.2) is 0 Å². The molecule has 0 aliphatic carbocycles. The van der Waals surface area contributed by atoms with Gasteiger partial charge in [0.1, 0.15) is 0 Å². The molecule has 0 aliphatic rings. The van der Waals surface area contributed by atoms with Crippen molar-refractivity contribution in [1.82, 2.24) is 10.2 Å². The lowest BCUT2D eigenvalue weighted by Gasteiger charge is -2.07. The molecular weight excluding hydrogens is 272 g/mol. The highest BCUT2D eigenvalue weighted by Crippen LogP contribution is 2.24. The molecule has 0 fully saturated rings. The molecule has 1 aromatic carbocycles. The summed E-state index contributed by atoms with van der Waals surface area (Å²) in [5, 5.41) is 10.1. The van der Waals surface area contributed by atoms with Crippen molar-refractivity contribution in [2.45, 2.75) is 6.42 Å². The quantitative estimate of drug-likeness (QED) is 0.442. The topological polar surface area (TPSA) is 65.0 Å². The van der Waals surface area contributed by atoms with Crippen LogP contribution in [0.5, 0.6) is 0 Å². The van der Waals surface area contributed by atoms with E-state index in [0.29, 0.717) is 15.6 Å². The van der Waals surface area contributed by atoms with Gasteiger partial charge >= 0.3 is 0 Å². The number of amides is 1. The standard InChI is InChI=1S/C9H8Cl3N3O/c10-6-2-1-3-7(11)5(6)4-8(16)14-9(13)15-12/h1-3H,4H2,(H3,13,14,15,16). The summed E-state index contributed by atoms with van der Waals surface area (Å²) in [6.07, 6.45) is -0.0144. The van der Waals surface area contributed by atoms with E-state index < -0.39 is 5.91 Å². The van der Waals surface area contributed by atoms with Crippen LogP contribution in [-0.4, -0.2) is 11.9 Å². The molecule has 16 heavy (non-hydrogen) atoms. The molecule has 0 radical (unpaired) electrons. The molecule has 0 bridgehead atoms. The van der Waals surface area contributed by atoms with Crippen molar-refractivity contribution in [3.63, 3.8) is 0 Å². The molecule has 0 unspecified atom stereocenters. The average molecular weight is 281 g/mol. The van der Waals surface area contributed by atoms with Gasteiger partial charge in [0, 0.05) is 21.8 Å². The molecule has 3 N–H and O–H groups in total. The van der Waals surface area contributed by atoms with Gasteiger partial charge in [-0.3, -0.25) is 20.4 Å². The minimum Gasteiger partial charge on any atom is -0.296 e. The Kier molecular flexibility index (Phi) is 4.86. The maximum atomic E-state index is 11.4. The smallest absolute Gasteiger partial charge is 0.231 e. The van der Waals surface area contributed by atoms with Crippen LogP contribution in [-0.2, 0) is 11.2 Å². The molecule has 0 spiro atoms. The molecule has 0 aliphatic heterocycles. The molecular formula is C9H8Cl3N3O. The Bertz CT molecular complexity index is 402. The number of rotatable bonds is 2. The second-order valence-electron chi connectivity index (χ2n) is 2.89. The van der Waals surface area contributed by atoms with Gasteiger partial charge in [0.05, 0.1) is 6.42 Å². The first-order valence-electron chi connectivity index (χ1n) is 4.22. The third-order valence-corrected chi connectivity index (χ3v) is 2.66. The van der Waals surface area contributed by atoms with Crippen LogP contribution in [0.25, 0.3) is 0 Å². The maximum Gasteiger partial charge on any atom is 0.231 e. The molecule has 1 rings (SSSR count). The number of carbonyl (C=O) groups is 1. The van der Waals surface area contributed by atoms with Crippen molar-refractivity contribution in [2.75, 3.05) is 0 Å². The van der Waals surface area contributed by atoms with Crippen molar-refractivity contribution in [3.05, 3.63) is 33.8 Å². The molecule has 4 nitrogen and oxygen atoms in total. The minimum absolute atomic E-state index is 0.0144. The van der Waals surface area contributed by atoms with Crippen LogP contribution < -0.4 is 10.2 Å². The third kappa shape index (κ3) is 3.56. The van der Waals surface area contributed by atoms with Crippen molar-refractivity contribution in [1.29, 1.82) is 5.41 Å². The first-order valence-corrected chi connectivity index (χ1v) is 5.36. The fourth-order valence-corrected chi connectivity index (χ4v) is 1.65. The van der Waals surface area contributed by atoms with Crippen molar-refractivity contribution < 1.29 is 4.79 Å². The molecule has 0 atom stereocenters. The van der Waals surface area contributed by atoms with Crippen molar-refractivity contribution in [2.24, 2.45) is 0 Å². The van der Waals surface area contributed by atoms with Crippen LogP contribution >= 0.6 is 35.0 Å². The van der Waals surface area contributed by atoms with Crippen LogP contribution in [0.15, 0.2) is 18.2 Å². The van der Waals surface area contributed by atoms with Crippen LogP contribution in [0.4, 0.5) is 0 Å². The summed E-state index contributed by atoms with van der Waals surface area (Å²) in [6.45, 7) is 0. The van der Waals surface area contributed by atoms with E-state index in [1.54, 1.807) is 18.2 Å². The predicted molar refractivity (Wildman–Crippen MR) is 65.0 cm³/mol. The number of hydrogen-bond donors (Lipinski definition) is 3. The summed E-state index contributed by atoms with van der Waals surface area (Å²) in [7, 11) is 0. The van der Waals surface area contributed by atoms with E-state index in [2.05, 4.69) is 5.32 Å². The highest BCUT2D eigenvalue weighted by Gasteiger charge is 2.11. The van der Waals surface area contributed by atoms with Crippen LogP contribution in [0, 0.1) is 5.41 Å². The Hall–Kier alpha value is -0.970. The SMILES string of the molecule is N=C(NCl)NC(=O)Cc1c(Cl)cccc1Cl. The van der Waals surface area contributed by atoms with Crippen LogP contribution in [0.3, 0.4) is 0 Å². The molecule has 1 amide bonds. The zero-order chi connectivity index (χ0) is 12.1. The van der Waals surface area contributed by atoms with Crippen LogP contribution in [0.2, 0.25) is 10.0 Å². The molecule has 0 aromatic heterocycles. The number of benzene rings is 1. The molecule has 0 heterocycles. The van der Waals surface area contributed by atoms with E-state index in [1.807, 2.05) is 4.84 Å². The summed E-state index contributed by atoms with van der Waals surface area (Å²) in [4.78, 5) is 13.4. The highest BCUT2D eigenvalue weighted by molar-refractivity contribution is 6.36. The van der Waals surface area contributed by atoms with Gasteiger partial charge in [0.2, 0.25) is 11.9 Å². The molecule has 0 saturated heterocycles. The molecule has 86 valence electrons. The second-order valence-corrected chi connectivity index (χ2v) is 3.90. The van der Waals surface area contributed by atoms with Gasteiger partial charge in [-0.05, 0) is 17.7 Å². The minimum atomic E-state index is -0.423. The van der Waals surface area contributed by atoms with Crippen LogP contribution in [0.1, 0.15) is 5.56 Å². The number of hydrogen-bond acceptors (Lipinski definition) is 2. The second kappa shape index (κ2) is 5.94. The third-order valence-electron chi connectivity index (χ3n) is 1.76. The lowest BCUT2D eigenvalue weighted by Crippen LogP contribution is -2.36. The van der Waals surface area contributed by atoms with E-state index in [1.165, 1.54) is 0 Å². The Morgan fingerprint density at radius 1 is 1.31 bits per heavy atom. The normalized spacial score (nSPS) is 9.69. The number of carbonyl (C=O) groups excluding carboxylic acids is 1. The van der Waals surface area contributed by atoms with Gasteiger partial charge in [-0.15, -0.1) is 0 Å². The summed E-state index contributed by atoms with van der Waals surface area (Å²) < 4.78 is 0. The number of guanidine groups is 1. The molecule has 0 saturated carbocycles. The van der Waals surface area contributed by atoms with Gasteiger partial charge in [-0.1, -0.05) is 29.3 Å². The lowest BCUT2D eigenvalue weighted by molar-refractivity contribution is -0.119. The summed E-state index contributed by atoms with van der Waals surface area (Å²) in [5.74, 6) is -0.719. The molecule has 1 aromatic rings. The van der Waals surface area contributed by atoms with Gasteiger partial charge in [0.15, 0.2) is 0 Å². The number of halogens is 3. The predicted octanol–water partition coefficient (Wildman–Crippen LogP) is 2.33. The van der Waals surface area contributed by atoms with E-state index in [4.69, 9.17) is 40.4 Å². The first kappa shape index (κ1) is 13.1. The van der Waals surface area contributed by atoms with Gasteiger partial charge in [-0.2, -0.15) is 0 Å². The average Bonchev–Trinajstić information content (AvgIpc) is 2.23. The lowest BCUT2D eigenvalue weighted by atomic mass is 10.1. The molecule has 7 heteroatoms. The fourth-order valence-electron chi connectivity index (χ4n) is 1.07. The zero-order valence-corrected chi connectivity index (χ0v) is 10.2. The van der Waals surface area contributed by atoms with E-state index in [0.717, 1.165) is 0 Å². The Balaban J connectivity index is 2.73. The Labute approximate surface area is 107 Å². The summed E-state index contributed by atoms with van der Waals surface area (Å²) >= 11 is 16.9. The summed E-state index contributed by atoms with van der Waals surface area (Å²) in [6, 6.07) is 4.97.